The number of carbonyl (C=O) groups excluding carboxylic acids is 1. The Labute approximate surface area is 128 Å². The zero-order chi connectivity index (χ0) is 15.7. The van der Waals surface area contributed by atoms with Crippen LogP contribution in [0, 0.1) is 0 Å². The largest absolute Gasteiger partial charge is 0.480 e. The van der Waals surface area contributed by atoms with Crippen LogP contribution in [0.25, 0.3) is 0 Å². The van der Waals surface area contributed by atoms with Gasteiger partial charge >= 0.3 is 5.97 Å². The summed E-state index contributed by atoms with van der Waals surface area (Å²) in [6.07, 6.45) is 3.99. The van der Waals surface area contributed by atoms with Crippen molar-refractivity contribution in [1.82, 2.24) is 15.1 Å². The molecule has 7 nitrogen and oxygen atoms in total. The zero-order valence-corrected chi connectivity index (χ0v) is 12.6. The maximum absolute atomic E-state index is 12.6. The number of aliphatic carboxylic acids is 1. The normalized spacial score (nSPS) is 19.0. The summed E-state index contributed by atoms with van der Waals surface area (Å²) < 4.78 is 0. The van der Waals surface area contributed by atoms with Crippen LogP contribution in [0.4, 0.5) is 5.82 Å². The Balaban J connectivity index is 1.76. The highest BCUT2D eigenvalue weighted by atomic mass is 16.4. The smallest absolute Gasteiger partial charge is 0.326 e. The molecule has 7 heteroatoms. The fraction of sp³-hybridized carbons (Fsp3) is 0.600. The summed E-state index contributed by atoms with van der Waals surface area (Å²) in [6, 6.07) is 2.60. The summed E-state index contributed by atoms with van der Waals surface area (Å²) in [5.41, 5.74) is 0.211. The van der Waals surface area contributed by atoms with Gasteiger partial charge in [-0.2, -0.15) is 0 Å². The molecule has 2 fully saturated rings. The molecule has 2 heterocycles. The second kappa shape index (κ2) is 5.90. The van der Waals surface area contributed by atoms with Crippen LogP contribution in [0.2, 0.25) is 0 Å². The van der Waals surface area contributed by atoms with E-state index in [0.29, 0.717) is 0 Å². The summed E-state index contributed by atoms with van der Waals surface area (Å²) in [7, 11) is 0. The van der Waals surface area contributed by atoms with Gasteiger partial charge < -0.3 is 14.9 Å². The van der Waals surface area contributed by atoms with Gasteiger partial charge in [0.2, 0.25) is 0 Å². The molecule has 0 spiro atoms. The van der Waals surface area contributed by atoms with E-state index in [9.17, 15) is 14.7 Å². The van der Waals surface area contributed by atoms with Gasteiger partial charge in [0.1, 0.15) is 6.04 Å². The third-order valence-electron chi connectivity index (χ3n) is 4.25. The van der Waals surface area contributed by atoms with E-state index in [-0.39, 0.29) is 17.6 Å². The predicted octanol–water partition coefficient (Wildman–Crippen LogP) is 1.15. The molecular weight excluding hydrogens is 284 g/mol. The average Bonchev–Trinajstić information content (AvgIpc) is 3.19. The van der Waals surface area contributed by atoms with Crippen molar-refractivity contribution in [3.63, 3.8) is 0 Å². The van der Waals surface area contributed by atoms with E-state index >= 15 is 0 Å². The molecule has 118 valence electrons. The van der Waals surface area contributed by atoms with Crippen LogP contribution in [0.1, 0.15) is 43.1 Å². The molecule has 1 aromatic rings. The third-order valence-corrected chi connectivity index (χ3v) is 4.25. The number of nitrogens with zero attached hydrogens (tertiary/aromatic N) is 4. The fourth-order valence-corrected chi connectivity index (χ4v) is 2.82. The zero-order valence-electron chi connectivity index (χ0n) is 12.6. The number of carbonyl (C=O) groups is 2. The van der Waals surface area contributed by atoms with Crippen molar-refractivity contribution < 1.29 is 14.7 Å². The highest BCUT2D eigenvalue weighted by Gasteiger charge is 2.39. The Kier molecular flexibility index (Phi) is 3.96. The molecule has 0 aromatic carbocycles. The first-order chi connectivity index (χ1) is 10.6. The minimum Gasteiger partial charge on any atom is -0.480 e. The van der Waals surface area contributed by atoms with E-state index < -0.39 is 12.0 Å². The number of hydrogen-bond donors (Lipinski definition) is 1. The first-order valence-corrected chi connectivity index (χ1v) is 7.72. The number of carboxylic acids is 1. The first-order valence-electron chi connectivity index (χ1n) is 7.72. The molecule has 1 aliphatic carbocycles. The van der Waals surface area contributed by atoms with Gasteiger partial charge in [0.05, 0.1) is 0 Å². The van der Waals surface area contributed by atoms with E-state index in [1.165, 1.54) is 11.8 Å². The van der Waals surface area contributed by atoms with Crippen molar-refractivity contribution in [1.29, 1.82) is 0 Å². The molecule has 1 aliphatic heterocycles. The van der Waals surface area contributed by atoms with Crippen LogP contribution in [-0.4, -0.2) is 57.3 Å². The molecule has 1 saturated heterocycles. The quantitative estimate of drug-likeness (QED) is 0.878. The summed E-state index contributed by atoms with van der Waals surface area (Å²) >= 11 is 0. The van der Waals surface area contributed by atoms with Crippen LogP contribution in [-0.2, 0) is 4.79 Å². The van der Waals surface area contributed by atoms with Crippen molar-refractivity contribution in [2.75, 3.05) is 18.0 Å². The van der Waals surface area contributed by atoms with Crippen molar-refractivity contribution in [3.8, 4) is 0 Å². The van der Waals surface area contributed by atoms with Gasteiger partial charge in [-0.15, -0.1) is 10.2 Å². The molecule has 1 aromatic heterocycles. The molecule has 0 bridgehead atoms. The molecule has 0 radical (unpaired) electrons. The van der Waals surface area contributed by atoms with Gasteiger partial charge in [-0.05, 0) is 44.7 Å². The van der Waals surface area contributed by atoms with Crippen LogP contribution >= 0.6 is 0 Å². The second-order valence-corrected chi connectivity index (χ2v) is 5.93. The Bertz CT molecular complexity index is 565. The number of rotatable bonds is 5. The highest BCUT2D eigenvalue weighted by Crippen LogP contribution is 2.30. The molecule has 1 unspecified atom stereocenters. The summed E-state index contributed by atoms with van der Waals surface area (Å²) in [5.74, 6) is -0.571. The molecular formula is C15H20N4O3. The second-order valence-electron chi connectivity index (χ2n) is 5.93. The summed E-state index contributed by atoms with van der Waals surface area (Å²) in [5, 5.41) is 17.3. The molecule has 1 N–H and O–H groups in total. The maximum Gasteiger partial charge on any atom is 0.326 e. The van der Waals surface area contributed by atoms with Crippen molar-refractivity contribution in [3.05, 3.63) is 17.8 Å². The number of anilines is 1. The monoisotopic (exact) mass is 304 g/mol. The molecule has 1 atom stereocenters. The van der Waals surface area contributed by atoms with E-state index in [1.807, 2.05) is 0 Å². The Hall–Kier alpha value is -2.18. The highest BCUT2D eigenvalue weighted by molar-refractivity contribution is 5.95. The van der Waals surface area contributed by atoms with E-state index in [1.54, 1.807) is 12.1 Å². The number of hydrogen-bond acceptors (Lipinski definition) is 5. The molecule has 3 rings (SSSR count). The number of carboxylic acid groups (broad SMARTS) is 1. The van der Waals surface area contributed by atoms with Crippen molar-refractivity contribution in [2.45, 2.75) is 44.7 Å². The van der Waals surface area contributed by atoms with E-state index in [2.05, 4.69) is 15.1 Å². The SMILES string of the molecule is CC(C(=O)O)N(C(=O)c1ccc(N2CCCC2)nn1)C1CC1. The topological polar surface area (TPSA) is 86.6 Å². The van der Waals surface area contributed by atoms with Crippen LogP contribution in [0.5, 0.6) is 0 Å². The minimum absolute atomic E-state index is 0.0126. The predicted molar refractivity (Wildman–Crippen MR) is 79.8 cm³/mol. The van der Waals surface area contributed by atoms with Gasteiger partial charge in [-0.1, -0.05) is 0 Å². The lowest BCUT2D eigenvalue weighted by Crippen LogP contribution is -2.45. The van der Waals surface area contributed by atoms with Crippen LogP contribution < -0.4 is 4.90 Å². The lowest BCUT2D eigenvalue weighted by Gasteiger charge is -2.26. The molecule has 2 aliphatic rings. The average molecular weight is 304 g/mol. The van der Waals surface area contributed by atoms with Gasteiger partial charge in [0, 0.05) is 19.1 Å². The lowest BCUT2D eigenvalue weighted by molar-refractivity contribution is -0.141. The fourth-order valence-electron chi connectivity index (χ4n) is 2.82. The number of amides is 1. The van der Waals surface area contributed by atoms with Gasteiger partial charge in [-0.25, -0.2) is 4.79 Å². The standard InChI is InChI=1S/C15H20N4O3/c1-10(15(21)22)19(11-4-5-11)14(20)12-6-7-13(17-16-12)18-8-2-3-9-18/h6-7,10-11H,2-5,8-9H2,1H3,(H,21,22). The third kappa shape index (κ3) is 2.88. The van der Waals surface area contributed by atoms with Gasteiger partial charge in [0.15, 0.2) is 11.5 Å². The summed E-state index contributed by atoms with van der Waals surface area (Å²) in [6.45, 7) is 3.46. The Morgan fingerprint density at radius 1 is 1.27 bits per heavy atom. The van der Waals surface area contributed by atoms with E-state index in [0.717, 1.165) is 44.6 Å². The summed E-state index contributed by atoms with van der Waals surface area (Å²) in [4.78, 5) is 27.3. The molecule has 1 amide bonds. The lowest BCUT2D eigenvalue weighted by atomic mass is 10.2. The van der Waals surface area contributed by atoms with Crippen molar-refractivity contribution >= 4 is 17.7 Å². The molecule has 22 heavy (non-hydrogen) atoms. The van der Waals surface area contributed by atoms with Gasteiger partial charge in [0.25, 0.3) is 5.91 Å². The maximum atomic E-state index is 12.6. The van der Waals surface area contributed by atoms with E-state index in [4.69, 9.17) is 0 Å². The minimum atomic E-state index is -0.998. The van der Waals surface area contributed by atoms with Crippen LogP contribution in [0.3, 0.4) is 0 Å². The molecule has 1 saturated carbocycles. The Morgan fingerprint density at radius 3 is 2.45 bits per heavy atom. The van der Waals surface area contributed by atoms with Crippen LogP contribution in [0.15, 0.2) is 12.1 Å². The van der Waals surface area contributed by atoms with Crippen molar-refractivity contribution in [2.24, 2.45) is 0 Å². The number of aromatic nitrogens is 2. The Morgan fingerprint density at radius 2 is 1.95 bits per heavy atom. The first kappa shape index (κ1) is 14.7. The van der Waals surface area contributed by atoms with Gasteiger partial charge in [-0.3, -0.25) is 4.79 Å².